The third-order valence-corrected chi connectivity index (χ3v) is 9.82. The summed E-state index contributed by atoms with van der Waals surface area (Å²) in [4.78, 5) is 14.2. The van der Waals surface area contributed by atoms with Gasteiger partial charge in [0.2, 0.25) is 5.95 Å². The summed E-state index contributed by atoms with van der Waals surface area (Å²) < 4.78 is 199. The van der Waals surface area contributed by atoms with Crippen LogP contribution in [0.2, 0.25) is 0 Å². The first-order valence-electron chi connectivity index (χ1n) is 28.4. The summed E-state index contributed by atoms with van der Waals surface area (Å²) in [6, 6.07) is 1.27. The van der Waals surface area contributed by atoms with E-state index >= 15 is 0 Å². The van der Waals surface area contributed by atoms with Crippen molar-refractivity contribution in [3.05, 3.63) is 194 Å². The maximum absolute atomic E-state index is 10.0. The number of benzene rings is 8. The summed E-state index contributed by atoms with van der Waals surface area (Å²) in [5.41, 5.74) is -1.50. The second kappa shape index (κ2) is 12.3. The van der Waals surface area contributed by atoms with Crippen LogP contribution < -0.4 is 0 Å². The predicted molar refractivity (Wildman–Crippen MR) is 234 cm³/mol. The second-order valence-electron chi connectivity index (χ2n) is 12.9. The van der Waals surface area contributed by atoms with Gasteiger partial charge in [-0.1, -0.05) is 133 Å². The van der Waals surface area contributed by atoms with E-state index in [0.717, 1.165) is 4.57 Å². The van der Waals surface area contributed by atoms with Crippen LogP contribution in [0.1, 0.15) is 30.2 Å². The van der Waals surface area contributed by atoms with Crippen LogP contribution in [0.25, 0.3) is 106 Å². The molecule has 0 aliphatic rings. The van der Waals surface area contributed by atoms with Crippen molar-refractivity contribution in [2.24, 2.45) is 0 Å². The topological polar surface area (TPSA) is 53.5 Å². The molecule has 4 heterocycles. The average Bonchev–Trinajstić information content (AvgIpc) is 4.20. The van der Waals surface area contributed by atoms with Crippen molar-refractivity contribution in [3.63, 3.8) is 0 Å². The van der Waals surface area contributed by atoms with E-state index in [1.807, 2.05) is 12.1 Å². The summed E-state index contributed by atoms with van der Waals surface area (Å²) in [5, 5.41) is 1.53. The van der Waals surface area contributed by atoms with E-state index in [0.29, 0.717) is 43.6 Å². The molecule has 0 fully saturated rings. The van der Waals surface area contributed by atoms with Gasteiger partial charge < -0.3 is 9.13 Å². The van der Waals surface area contributed by atoms with Crippen LogP contribution >= 0.6 is 0 Å². The summed E-state index contributed by atoms with van der Waals surface area (Å²) in [6.45, 7) is 0. The van der Waals surface area contributed by atoms with E-state index in [4.69, 9.17) is 36.0 Å². The Morgan fingerprint density at radius 2 is 0.877 bits per heavy atom. The van der Waals surface area contributed by atoms with Gasteiger partial charge in [-0.05, 0) is 60.5 Å². The van der Waals surface area contributed by atoms with Gasteiger partial charge in [0.15, 0.2) is 11.6 Å². The number of hydrogen-bond donors (Lipinski definition) is 0. The number of para-hydroxylation sites is 5. The lowest BCUT2D eigenvalue weighted by Crippen LogP contribution is -2.06. The minimum absolute atomic E-state index is 0.160. The van der Waals surface area contributed by atoms with Crippen molar-refractivity contribution in [2.75, 3.05) is 0 Å². The highest BCUT2D eigenvalue weighted by atomic mass is 15.2. The SMILES string of the molecule is [2H]c1c([2H])c([2H])c(-c2nc(-c3c([2H])c([2H])c4c5c([2H])c([2H])c([2H])c([2H])c5n(-c5c([2H])c([2H])c([2H])c([2H])c5[2H])c4c3[2H])nc(-n3c4ccccc4c4cc5c6ccccc6n(-c6c([2H])c([2H])c([2H])c([2H])c6[2H])c5cc43)n2)c([2H])c1[2H]. The average molecular weight is 751 g/mol. The van der Waals surface area contributed by atoms with Crippen molar-refractivity contribution in [2.45, 2.75) is 0 Å². The molecule has 0 aliphatic heterocycles. The van der Waals surface area contributed by atoms with Crippen molar-refractivity contribution in [1.29, 1.82) is 0 Å². The minimum atomic E-state index is -0.850. The second-order valence-corrected chi connectivity index (χ2v) is 12.9. The molecule has 0 saturated heterocycles. The largest absolute Gasteiger partial charge is 0.309 e. The van der Waals surface area contributed by atoms with Gasteiger partial charge in [0.25, 0.3) is 0 Å². The van der Waals surface area contributed by atoms with Crippen LogP contribution in [-0.4, -0.2) is 28.7 Å². The van der Waals surface area contributed by atoms with Gasteiger partial charge in [-0.3, -0.25) is 4.57 Å². The standard InChI is InChI=1S/C51H32N6/c1-4-16-33(17-5-1)49-52-50(34-28-29-40-37-22-10-13-25-43(37)55(46(40)30-34)35-18-6-2-7-19-35)54-51(53-49)57-45-27-15-12-24-39(45)42-31-41-38-23-11-14-26-44(38)56(47(41)32-48(42)57)36-20-8-3-9-21-36/h1-32H/i1D,2D,3D,4D,5D,6D,7D,8D,9D,10D,13D,16D,17D,18D,19D,20D,21D,22D,25D,28D,29D,30D. The van der Waals surface area contributed by atoms with Gasteiger partial charge in [-0.25, -0.2) is 4.98 Å². The minimum Gasteiger partial charge on any atom is -0.309 e. The molecule has 6 nitrogen and oxygen atoms in total. The summed E-state index contributed by atoms with van der Waals surface area (Å²) in [6.07, 6.45) is 0. The molecule has 0 saturated carbocycles. The Hall–Kier alpha value is -7.83. The van der Waals surface area contributed by atoms with E-state index in [-0.39, 0.29) is 11.6 Å². The Kier molecular flexibility index (Phi) is 3.66. The highest BCUT2D eigenvalue weighted by Gasteiger charge is 2.22. The Balaban J connectivity index is 1.27. The molecule has 57 heavy (non-hydrogen) atoms. The number of nitrogens with zero attached hydrogens (tertiary/aromatic N) is 6. The summed E-state index contributed by atoms with van der Waals surface area (Å²) in [5.74, 6) is -1.58. The van der Waals surface area contributed by atoms with Gasteiger partial charge in [-0.15, -0.1) is 0 Å². The van der Waals surface area contributed by atoms with Crippen LogP contribution in [0.5, 0.6) is 0 Å². The van der Waals surface area contributed by atoms with Gasteiger partial charge in [0.1, 0.15) is 0 Å². The fraction of sp³-hybridized carbons (Fsp3) is 0. The fourth-order valence-corrected chi connectivity index (χ4v) is 7.49. The van der Waals surface area contributed by atoms with Crippen LogP contribution in [0.4, 0.5) is 0 Å². The molecule has 0 bridgehead atoms. The fourth-order valence-electron chi connectivity index (χ4n) is 7.49. The van der Waals surface area contributed by atoms with Crippen LogP contribution in [-0.2, 0) is 0 Å². The van der Waals surface area contributed by atoms with Crippen LogP contribution in [0.3, 0.4) is 0 Å². The molecule has 0 spiro atoms. The Morgan fingerprint density at radius 3 is 1.56 bits per heavy atom. The molecule has 266 valence electrons. The first kappa shape index (κ1) is 16.9. The molecule has 0 N–H and O–H groups in total. The highest BCUT2D eigenvalue weighted by Crippen LogP contribution is 2.40. The van der Waals surface area contributed by atoms with E-state index in [2.05, 4.69) is 4.98 Å². The summed E-state index contributed by atoms with van der Waals surface area (Å²) >= 11 is 0. The van der Waals surface area contributed by atoms with Crippen LogP contribution in [0, 0.1) is 0 Å². The van der Waals surface area contributed by atoms with E-state index in [1.54, 1.807) is 53.1 Å². The quantitative estimate of drug-likeness (QED) is 0.176. The summed E-state index contributed by atoms with van der Waals surface area (Å²) in [7, 11) is 0. The molecular weight excluding hydrogens is 697 g/mol. The zero-order chi connectivity index (χ0) is 56.6. The molecular formula is C51H32N6. The molecule has 6 heteroatoms. The van der Waals surface area contributed by atoms with Gasteiger partial charge in [0, 0.05) is 54.8 Å². The highest BCUT2D eigenvalue weighted by molar-refractivity contribution is 6.19. The molecule has 8 aromatic carbocycles. The number of aromatic nitrogens is 6. The molecule has 12 aromatic rings. The predicted octanol–water partition coefficient (Wildman–Crippen LogP) is 12.5. The molecule has 0 aliphatic carbocycles. The zero-order valence-electron chi connectivity index (χ0n) is 51.0. The molecule has 0 unspecified atom stereocenters. The molecule has 0 atom stereocenters. The van der Waals surface area contributed by atoms with Gasteiger partial charge in [0.05, 0.1) is 63.3 Å². The first-order valence-corrected chi connectivity index (χ1v) is 17.4. The Morgan fingerprint density at radius 1 is 0.351 bits per heavy atom. The Labute approximate surface area is 358 Å². The maximum Gasteiger partial charge on any atom is 0.238 e. The van der Waals surface area contributed by atoms with Gasteiger partial charge in [-0.2, -0.15) is 9.97 Å². The maximum atomic E-state index is 10.0. The molecule has 0 amide bonds. The number of fused-ring (bicyclic) bond motifs is 9. The third kappa shape index (κ3) is 4.81. The third-order valence-electron chi connectivity index (χ3n) is 9.82. The van der Waals surface area contributed by atoms with E-state index in [1.165, 1.54) is 4.57 Å². The molecule has 4 aromatic heterocycles. The van der Waals surface area contributed by atoms with Crippen molar-refractivity contribution in [3.8, 4) is 40.1 Å². The van der Waals surface area contributed by atoms with Gasteiger partial charge >= 0.3 is 0 Å². The lowest BCUT2D eigenvalue weighted by molar-refractivity contribution is 0.953. The number of rotatable bonds is 5. The van der Waals surface area contributed by atoms with E-state index < -0.39 is 183 Å². The normalized spacial score (nSPS) is 17.3. The van der Waals surface area contributed by atoms with Crippen LogP contribution in [0.15, 0.2) is 194 Å². The van der Waals surface area contributed by atoms with Crippen molar-refractivity contribution in [1.82, 2.24) is 28.7 Å². The molecule has 0 radical (unpaired) electrons. The Bertz CT molecular complexity index is 4740. The van der Waals surface area contributed by atoms with E-state index in [9.17, 15) is 4.11 Å². The van der Waals surface area contributed by atoms with Crippen molar-refractivity contribution >= 4 is 65.4 Å². The van der Waals surface area contributed by atoms with Crippen molar-refractivity contribution < 1.29 is 30.2 Å². The lowest BCUT2D eigenvalue weighted by atomic mass is 10.1. The monoisotopic (exact) mass is 750 g/mol. The zero-order valence-corrected chi connectivity index (χ0v) is 29.0. The smallest absolute Gasteiger partial charge is 0.238 e. The molecule has 12 rings (SSSR count). The first-order chi connectivity index (χ1) is 37.4. The lowest BCUT2D eigenvalue weighted by Gasteiger charge is -2.12. The number of hydrogen-bond acceptors (Lipinski definition) is 3.